The first-order valence-corrected chi connectivity index (χ1v) is 8.72. The van der Waals surface area contributed by atoms with E-state index in [0.29, 0.717) is 32.1 Å². The van der Waals surface area contributed by atoms with Gasteiger partial charge < -0.3 is 16.0 Å². The molecule has 7 heteroatoms. The van der Waals surface area contributed by atoms with Crippen molar-refractivity contribution in [3.63, 3.8) is 0 Å². The van der Waals surface area contributed by atoms with Crippen molar-refractivity contribution in [3.8, 4) is 0 Å². The molecule has 0 saturated heterocycles. The molecule has 0 spiro atoms. The second-order valence-corrected chi connectivity index (χ2v) is 6.80. The van der Waals surface area contributed by atoms with Crippen LogP contribution in [-0.4, -0.2) is 11.0 Å². The minimum Gasteiger partial charge on any atom is -0.351 e. The fourth-order valence-corrected chi connectivity index (χ4v) is 3.31. The monoisotopic (exact) mass is 391 g/mol. The van der Waals surface area contributed by atoms with Gasteiger partial charge in [-0.3, -0.25) is 4.79 Å². The zero-order valence-corrected chi connectivity index (χ0v) is 15.6. The van der Waals surface area contributed by atoms with Gasteiger partial charge in [0.05, 0.1) is 11.6 Å². The maximum Gasteiger partial charge on any atom is 0.255 e. The van der Waals surface area contributed by atoms with E-state index in [0.717, 1.165) is 5.56 Å². The van der Waals surface area contributed by atoms with Crippen molar-refractivity contribution in [1.29, 1.82) is 0 Å². The Bertz CT molecular complexity index is 865. The highest BCUT2D eigenvalue weighted by Gasteiger charge is 2.31. The molecule has 1 heterocycles. The Hall–Kier alpha value is -2.08. The lowest BCUT2D eigenvalue weighted by molar-refractivity contribution is -0.113. The highest BCUT2D eigenvalue weighted by molar-refractivity contribution is 7.80. The van der Waals surface area contributed by atoms with Gasteiger partial charge in [-0.1, -0.05) is 41.4 Å². The van der Waals surface area contributed by atoms with Crippen LogP contribution in [0.3, 0.4) is 0 Å². The van der Waals surface area contributed by atoms with Crippen LogP contribution in [0.15, 0.2) is 59.8 Å². The lowest BCUT2D eigenvalue weighted by Crippen LogP contribution is -2.45. The number of thiocarbonyl (C=S) groups is 1. The van der Waals surface area contributed by atoms with Crippen LogP contribution in [-0.2, 0) is 4.79 Å². The number of allylic oxidation sites excluding steroid dienone is 1. The summed E-state index contributed by atoms with van der Waals surface area (Å²) in [6.07, 6.45) is 0. The number of hydrogen-bond donors (Lipinski definition) is 3. The van der Waals surface area contributed by atoms with Crippen LogP contribution in [0.4, 0.5) is 5.69 Å². The summed E-state index contributed by atoms with van der Waals surface area (Å²) >= 11 is 17.5. The van der Waals surface area contributed by atoms with E-state index in [-0.39, 0.29) is 5.91 Å². The van der Waals surface area contributed by atoms with Crippen LogP contribution in [0.1, 0.15) is 18.5 Å². The number of anilines is 1. The van der Waals surface area contributed by atoms with Gasteiger partial charge in [0.2, 0.25) is 0 Å². The van der Waals surface area contributed by atoms with Gasteiger partial charge in [0, 0.05) is 21.4 Å². The van der Waals surface area contributed by atoms with Crippen molar-refractivity contribution in [3.05, 3.63) is 75.4 Å². The zero-order valence-electron chi connectivity index (χ0n) is 13.3. The van der Waals surface area contributed by atoms with E-state index in [9.17, 15) is 4.79 Å². The summed E-state index contributed by atoms with van der Waals surface area (Å²) in [5, 5.41) is 10.6. The Morgan fingerprint density at radius 1 is 1.12 bits per heavy atom. The molecule has 128 valence electrons. The van der Waals surface area contributed by atoms with Crippen molar-refractivity contribution in [2.24, 2.45) is 0 Å². The average Bonchev–Trinajstić information content (AvgIpc) is 2.56. The molecule has 3 rings (SSSR count). The minimum atomic E-state index is -0.435. The number of carbonyl (C=O) groups excluding carboxylic acids is 1. The lowest BCUT2D eigenvalue weighted by Gasteiger charge is -2.30. The van der Waals surface area contributed by atoms with Gasteiger partial charge in [0.15, 0.2) is 5.11 Å². The summed E-state index contributed by atoms with van der Waals surface area (Å²) in [6, 6.07) is 13.9. The van der Waals surface area contributed by atoms with E-state index in [2.05, 4.69) is 16.0 Å². The molecule has 3 N–H and O–H groups in total. The van der Waals surface area contributed by atoms with E-state index in [1.165, 1.54) is 0 Å². The Morgan fingerprint density at radius 2 is 1.80 bits per heavy atom. The summed E-state index contributed by atoms with van der Waals surface area (Å²) in [7, 11) is 0. The van der Waals surface area contributed by atoms with Gasteiger partial charge in [-0.15, -0.1) is 0 Å². The first kappa shape index (κ1) is 17.7. The number of halogens is 2. The molecule has 2 aromatic rings. The fourth-order valence-electron chi connectivity index (χ4n) is 2.67. The number of rotatable bonds is 3. The highest BCUT2D eigenvalue weighted by atomic mass is 35.5. The molecule has 2 aromatic carbocycles. The summed E-state index contributed by atoms with van der Waals surface area (Å²) in [6.45, 7) is 1.81. The van der Waals surface area contributed by atoms with Crippen LogP contribution in [0.25, 0.3) is 0 Å². The van der Waals surface area contributed by atoms with Crippen molar-refractivity contribution in [1.82, 2.24) is 10.6 Å². The predicted molar refractivity (Wildman–Crippen MR) is 106 cm³/mol. The fraction of sp³-hybridized carbons (Fsp3) is 0.111. The molecule has 0 aliphatic carbocycles. The third-order valence-electron chi connectivity index (χ3n) is 3.83. The van der Waals surface area contributed by atoms with E-state index in [1.807, 2.05) is 25.1 Å². The van der Waals surface area contributed by atoms with Gasteiger partial charge in [-0.05, 0) is 55.0 Å². The lowest BCUT2D eigenvalue weighted by atomic mass is 9.95. The molecular formula is C18H15Cl2N3OS. The molecule has 1 aliphatic rings. The Kier molecular flexibility index (Phi) is 5.27. The molecule has 25 heavy (non-hydrogen) atoms. The Balaban J connectivity index is 1.96. The second kappa shape index (κ2) is 7.44. The van der Waals surface area contributed by atoms with Gasteiger partial charge >= 0.3 is 0 Å². The number of benzene rings is 2. The SMILES string of the molecule is CC1=C(C(=O)Nc2ccc(Cl)cc2)C(c2ccccc2Cl)NC(=S)N1. The third kappa shape index (κ3) is 3.95. The van der Waals surface area contributed by atoms with Crippen molar-refractivity contribution in [2.45, 2.75) is 13.0 Å². The van der Waals surface area contributed by atoms with Crippen LogP contribution in [0.2, 0.25) is 10.0 Å². The van der Waals surface area contributed by atoms with Crippen LogP contribution in [0, 0.1) is 0 Å². The standard InChI is InChI=1S/C18H15Cl2N3OS/c1-10-15(17(24)22-12-8-6-11(19)7-9-12)16(23-18(25)21-10)13-4-2-3-5-14(13)20/h2-9,16H,1H3,(H,22,24)(H2,21,23,25). The normalized spacial score (nSPS) is 16.9. The topological polar surface area (TPSA) is 53.2 Å². The molecule has 1 aliphatic heterocycles. The van der Waals surface area contributed by atoms with Gasteiger partial charge in [0.25, 0.3) is 5.91 Å². The van der Waals surface area contributed by atoms with Crippen molar-refractivity contribution >= 4 is 52.1 Å². The summed E-state index contributed by atoms with van der Waals surface area (Å²) in [4.78, 5) is 12.9. The number of hydrogen-bond acceptors (Lipinski definition) is 2. The van der Waals surface area contributed by atoms with Crippen LogP contribution < -0.4 is 16.0 Å². The predicted octanol–water partition coefficient (Wildman–Crippen LogP) is 4.42. The molecule has 0 bridgehead atoms. The molecule has 1 unspecified atom stereocenters. The van der Waals surface area contributed by atoms with Crippen LogP contribution >= 0.6 is 35.4 Å². The summed E-state index contributed by atoms with van der Waals surface area (Å²) in [5.74, 6) is -0.243. The van der Waals surface area contributed by atoms with E-state index in [1.54, 1.807) is 30.3 Å². The Labute approximate surface area is 161 Å². The quantitative estimate of drug-likeness (QED) is 0.677. The first-order valence-electron chi connectivity index (χ1n) is 7.55. The molecule has 0 radical (unpaired) electrons. The van der Waals surface area contributed by atoms with Gasteiger partial charge in [0.1, 0.15) is 0 Å². The molecule has 1 amide bonds. The summed E-state index contributed by atoms with van der Waals surface area (Å²) in [5.41, 5.74) is 2.64. The summed E-state index contributed by atoms with van der Waals surface area (Å²) < 4.78 is 0. The average molecular weight is 392 g/mol. The van der Waals surface area contributed by atoms with Gasteiger partial charge in [-0.25, -0.2) is 0 Å². The van der Waals surface area contributed by atoms with E-state index < -0.39 is 6.04 Å². The zero-order chi connectivity index (χ0) is 18.0. The first-order chi connectivity index (χ1) is 12.0. The smallest absolute Gasteiger partial charge is 0.255 e. The molecule has 0 saturated carbocycles. The molecule has 0 fully saturated rings. The highest BCUT2D eigenvalue weighted by Crippen LogP contribution is 2.32. The number of carbonyl (C=O) groups is 1. The number of amides is 1. The minimum absolute atomic E-state index is 0.243. The van der Waals surface area contributed by atoms with E-state index in [4.69, 9.17) is 35.4 Å². The van der Waals surface area contributed by atoms with Crippen LogP contribution in [0.5, 0.6) is 0 Å². The number of nitrogens with one attached hydrogen (secondary N) is 3. The second-order valence-electron chi connectivity index (χ2n) is 5.55. The van der Waals surface area contributed by atoms with Gasteiger partial charge in [-0.2, -0.15) is 0 Å². The Morgan fingerprint density at radius 3 is 2.48 bits per heavy atom. The van der Waals surface area contributed by atoms with Crippen molar-refractivity contribution < 1.29 is 4.79 Å². The molecule has 1 atom stereocenters. The molecule has 0 aromatic heterocycles. The molecular weight excluding hydrogens is 377 g/mol. The largest absolute Gasteiger partial charge is 0.351 e. The third-order valence-corrected chi connectivity index (χ3v) is 4.65. The van der Waals surface area contributed by atoms with Crippen molar-refractivity contribution in [2.75, 3.05) is 5.32 Å². The van der Waals surface area contributed by atoms with E-state index >= 15 is 0 Å². The maximum atomic E-state index is 12.9. The molecule has 4 nitrogen and oxygen atoms in total. The maximum absolute atomic E-state index is 12.9.